The molecule has 13 heteroatoms. The van der Waals surface area contributed by atoms with Gasteiger partial charge in [0, 0.05) is 140 Å². The summed E-state index contributed by atoms with van der Waals surface area (Å²) in [6.07, 6.45) is 6.94. The molecule has 0 saturated carbocycles. The van der Waals surface area contributed by atoms with E-state index in [0.717, 1.165) is 77.6 Å². The van der Waals surface area contributed by atoms with Crippen LogP contribution in [0, 0.1) is 37.0 Å². The van der Waals surface area contributed by atoms with Crippen molar-refractivity contribution < 1.29 is 80.1 Å². The van der Waals surface area contributed by atoms with Gasteiger partial charge >= 0.3 is 0 Å². The zero-order valence-electron chi connectivity index (χ0n) is 54.4. The van der Waals surface area contributed by atoms with Gasteiger partial charge in [-0.25, -0.2) is 0 Å². The van der Waals surface area contributed by atoms with Crippen molar-refractivity contribution in [3.05, 3.63) is 307 Å². The number of aryl methyl sites for hydroxylation is 1. The van der Waals surface area contributed by atoms with Gasteiger partial charge in [-0.3, -0.25) is 39.5 Å². The number of hydrogen-bond acceptors (Lipinski definition) is 10. The molecule has 10 nitrogen and oxygen atoms in total. The summed E-state index contributed by atoms with van der Waals surface area (Å²) in [7, 11) is 0. The van der Waals surface area contributed by atoms with Crippen LogP contribution in [-0.4, -0.2) is 51.7 Å². The summed E-state index contributed by atoms with van der Waals surface area (Å²) in [6, 6.07) is 84.9. The number of nitrogens with zero attached hydrogens (tertiary/aromatic N) is 6. The van der Waals surface area contributed by atoms with Gasteiger partial charge in [-0.15, -0.1) is 107 Å². The Kier molecular flexibility index (Phi) is 27.3. The summed E-state index contributed by atoms with van der Waals surface area (Å²) in [6.45, 7) is 15.5. The van der Waals surface area contributed by atoms with Crippen LogP contribution in [0.2, 0.25) is 0 Å². The van der Waals surface area contributed by atoms with Crippen LogP contribution in [0.4, 0.5) is 0 Å². The van der Waals surface area contributed by atoms with Crippen molar-refractivity contribution in [3.63, 3.8) is 0 Å². The van der Waals surface area contributed by atoms with Crippen molar-refractivity contribution in [3.8, 4) is 34.2 Å². The predicted molar refractivity (Wildman–Crippen MR) is 381 cm³/mol. The molecule has 3 radical (unpaired) electrons. The van der Waals surface area contributed by atoms with Crippen LogP contribution in [0.15, 0.2) is 267 Å². The van der Waals surface area contributed by atoms with Gasteiger partial charge in [0.15, 0.2) is 11.6 Å². The number of Topliss-reactive ketones (excluding diaryl/α,β-unsaturated/α-hetero) is 1. The van der Waals surface area contributed by atoms with Crippen molar-refractivity contribution >= 4 is 82.4 Å². The molecule has 0 fully saturated rings. The molecular weight excluding hydrogens is 1720 g/mol. The summed E-state index contributed by atoms with van der Waals surface area (Å²) in [5.41, 5.74) is 9.92. The quantitative estimate of drug-likeness (QED) is 0.0445. The van der Waals surface area contributed by atoms with Crippen molar-refractivity contribution in [1.82, 2.24) is 29.9 Å². The molecule has 14 aromatic rings. The molecule has 0 saturated heterocycles. The normalized spacial score (nSPS) is 11.1. The molecule has 0 aliphatic rings. The summed E-state index contributed by atoms with van der Waals surface area (Å²) in [4.78, 5) is 50.9. The average molecular weight is 1790 g/mol. The molecule has 0 atom stereocenters. The summed E-state index contributed by atoms with van der Waals surface area (Å²) < 4.78 is 0. The smallest absolute Gasteiger partial charge is 0.189 e. The standard InChI is InChI=1S/C21H17N2.C19H13N2.C18H11N2.C15H12O2.C10H18O2.3Ir/c1-14(2)16-7-5-8-17(12-16)21-22-13-18-11-10-15-6-3-4-9-19(15)20(18)23-21;1-13-5-4-7-15(11-13)19-20-12-17-16-8-3-2-6-14(16)9-10-18(17)21-19;1-2-7-14(8-3-1)18-19-12-15-11-10-13-6-4-5-9-16(13)17(15)20-18;16-14(12-7-3-1-4-8-12)11-15(17)13-9-5-2-6-10-13;1-6(2)9(11)8(5)10(12)7(3)4;;;/h3-7,9-14H,1-2H3;2-6,8-12H,1H3;1-7,9-12H;1-11,16H;6-7,11H,1-5H3;;;/q3*-1;;;;;. The Morgan fingerprint density at radius 2 is 0.885 bits per heavy atom. The second-order valence-electron chi connectivity index (χ2n) is 23.3. The number of carbonyl (C=O) groups is 2. The zero-order chi connectivity index (χ0) is 65.4. The Labute approximate surface area is 601 Å². The van der Waals surface area contributed by atoms with Crippen molar-refractivity contribution in [2.45, 2.75) is 61.3 Å². The number of aliphatic hydroxyl groups is 2. The third-order valence-electron chi connectivity index (χ3n) is 15.5. The number of aliphatic hydroxyl groups excluding tert-OH is 2. The number of hydrogen-bond donors (Lipinski definition) is 2. The van der Waals surface area contributed by atoms with Crippen molar-refractivity contribution in [2.24, 2.45) is 11.8 Å². The Morgan fingerprint density at radius 1 is 0.427 bits per heavy atom. The SMILES string of the molecule is CC(C(=O)C(C)C)=C(O)C(C)C.CC(C)c1cc[c-]c(-c2ncc3ccc4ccccc4c3n2)c1.Cc1cc[c-]c(-c2ncc3c(ccc4ccccc43)n2)c1.O=C(C=C(O)c1ccccc1)c1ccccc1.[Ir].[Ir].[Ir].[c-]1ccccc1-c1ncc2ccc3ccccc3c2n1. The van der Waals surface area contributed by atoms with Gasteiger partial charge in [-0.1, -0.05) is 212 Å². The molecule has 3 heterocycles. The fraction of sp³-hybridized carbons (Fsp3) is 0.133. The largest absolute Gasteiger partial charge is 0.512 e. The molecule has 2 N–H and O–H groups in total. The number of rotatable bonds is 10. The van der Waals surface area contributed by atoms with E-state index in [1.165, 1.54) is 38.7 Å². The first-order valence-corrected chi connectivity index (χ1v) is 31.0. The molecule has 0 aliphatic carbocycles. The first-order valence-electron chi connectivity index (χ1n) is 31.0. The van der Waals surface area contributed by atoms with E-state index in [-0.39, 0.29) is 95.2 Å². The third kappa shape index (κ3) is 18.7. The van der Waals surface area contributed by atoms with E-state index in [0.29, 0.717) is 22.6 Å². The van der Waals surface area contributed by atoms with Crippen molar-refractivity contribution in [1.29, 1.82) is 0 Å². The Balaban J connectivity index is 0.000000171. The van der Waals surface area contributed by atoms with Gasteiger partial charge in [-0.05, 0) is 40.5 Å². The minimum absolute atomic E-state index is 0. The number of ketones is 2. The van der Waals surface area contributed by atoms with Gasteiger partial charge in [0.25, 0.3) is 0 Å². The second kappa shape index (κ2) is 35.4. The van der Waals surface area contributed by atoms with E-state index >= 15 is 0 Å². The molecule has 14 rings (SSSR count). The van der Waals surface area contributed by atoms with E-state index in [4.69, 9.17) is 15.0 Å². The van der Waals surface area contributed by atoms with Crippen LogP contribution < -0.4 is 0 Å². The molecule has 0 aliphatic heterocycles. The Hall–Kier alpha value is -9.41. The molecule has 0 bridgehead atoms. The minimum atomic E-state index is -0.202. The van der Waals surface area contributed by atoms with Gasteiger partial charge in [0.2, 0.25) is 0 Å². The summed E-state index contributed by atoms with van der Waals surface area (Å²) >= 11 is 0. The van der Waals surface area contributed by atoms with E-state index in [9.17, 15) is 19.8 Å². The molecule has 11 aromatic carbocycles. The molecule has 0 amide bonds. The first kappa shape index (κ1) is 74.0. The fourth-order valence-electron chi connectivity index (χ4n) is 10.4. The fourth-order valence-corrected chi connectivity index (χ4v) is 10.4. The Morgan fingerprint density at radius 3 is 1.43 bits per heavy atom. The number of carbonyl (C=O) groups excluding carboxylic acids is 2. The van der Waals surface area contributed by atoms with Gasteiger partial charge in [0.1, 0.15) is 11.5 Å². The number of aromatic nitrogens is 6. The maximum Gasteiger partial charge on any atom is 0.189 e. The number of fused-ring (bicyclic) bond motifs is 9. The third-order valence-corrected chi connectivity index (χ3v) is 15.5. The first-order chi connectivity index (χ1) is 45.1. The van der Waals surface area contributed by atoms with E-state index in [1.54, 1.807) is 43.3 Å². The van der Waals surface area contributed by atoms with E-state index < -0.39 is 0 Å². The number of allylic oxidation sites excluding steroid dienone is 3. The minimum Gasteiger partial charge on any atom is -0.512 e. The predicted octanol–water partition coefficient (Wildman–Crippen LogP) is 20.3. The van der Waals surface area contributed by atoms with Crippen LogP contribution in [0.1, 0.15) is 81.4 Å². The van der Waals surface area contributed by atoms with Crippen LogP contribution in [0.5, 0.6) is 0 Å². The van der Waals surface area contributed by atoms with Crippen LogP contribution in [0.3, 0.4) is 0 Å². The molecule has 0 unspecified atom stereocenters. The summed E-state index contributed by atoms with van der Waals surface area (Å²) in [5.74, 6) is 2.68. The van der Waals surface area contributed by atoms with Gasteiger partial charge in [0.05, 0.1) is 34.0 Å². The van der Waals surface area contributed by atoms with Crippen LogP contribution >= 0.6 is 0 Å². The second-order valence-corrected chi connectivity index (χ2v) is 23.3. The monoisotopic (exact) mass is 1790 g/mol. The maximum atomic E-state index is 11.8. The molecule has 487 valence electrons. The molecule has 96 heavy (non-hydrogen) atoms. The van der Waals surface area contributed by atoms with Crippen LogP contribution in [-0.2, 0) is 65.1 Å². The van der Waals surface area contributed by atoms with E-state index in [1.807, 2.05) is 137 Å². The molecule has 3 aromatic heterocycles. The summed E-state index contributed by atoms with van der Waals surface area (Å²) in [5, 5.41) is 29.6. The topological polar surface area (TPSA) is 152 Å². The average Bonchev–Trinajstić information content (AvgIpc) is 0.803. The molecule has 0 spiro atoms. The maximum absolute atomic E-state index is 11.8. The van der Waals surface area contributed by atoms with Gasteiger partial charge < -0.3 is 10.2 Å². The Bertz CT molecular complexity index is 5010. The van der Waals surface area contributed by atoms with Gasteiger partial charge in [-0.2, -0.15) is 0 Å². The van der Waals surface area contributed by atoms with E-state index in [2.05, 4.69) is 157 Å². The van der Waals surface area contributed by atoms with Crippen LogP contribution in [0.25, 0.3) is 105 Å². The number of benzene rings is 11. The molecular formula is C83H71Ir3N6O4-3. The van der Waals surface area contributed by atoms with Crippen molar-refractivity contribution in [2.75, 3.05) is 0 Å². The zero-order valence-corrected chi connectivity index (χ0v) is 61.6.